The van der Waals surface area contributed by atoms with Gasteiger partial charge in [0.25, 0.3) is 0 Å². The Morgan fingerprint density at radius 2 is 2.10 bits per heavy atom. The van der Waals surface area contributed by atoms with Gasteiger partial charge in [-0.25, -0.2) is 0 Å². The molecular weight excluding hydrogens is 274 g/mol. The van der Waals surface area contributed by atoms with Crippen LogP contribution in [0.25, 0.3) is 0 Å². The molecular formula is C13H19N5OS. The molecule has 6 nitrogen and oxygen atoms in total. The lowest BCUT2D eigenvalue weighted by molar-refractivity contribution is -0.120. The molecule has 1 heterocycles. The topological polar surface area (TPSA) is 92.9 Å². The number of hydrogen-bond donors (Lipinski definition) is 3. The maximum Gasteiger partial charge on any atom is 0.221 e. The van der Waals surface area contributed by atoms with Crippen molar-refractivity contribution in [2.24, 2.45) is 5.73 Å². The summed E-state index contributed by atoms with van der Waals surface area (Å²) in [6, 6.07) is 0.385. The minimum Gasteiger partial charge on any atom is -0.389 e. The van der Waals surface area contributed by atoms with Gasteiger partial charge >= 0.3 is 0 Å². The third-order valence-corrected chi connectivity index (χ3v) is 3.49. The lowest BCUT2D eigenvalue weighted by atomic mass is 10.1. The van der Waals surface area contributed by atoms with Crippen LogP contribution in [0, 0.1) is 13.8 Å². The molecule has 1 aliphatic carbocycles. The van der Waals surface area contributed by atoms with E-state index >= 15 is 0 Å². The number of thiocarbonyl (C=S) groups is 1. The van der Waals surface area contributed by atoms with Crippen LogP contribution < -0.4 is 16.4 Å². The summed E-state index contributed by atoms with van der Waals surface area (Å²) in [7, 11) is 0. The summed E-state index contributed by atoms with van der Waals surface area (Å²) in [5.41, 5.74) is 8.15. The normalized spacial score (nSPS) is 13.9. The van der Waals surface area contributed by atoms with Gasteiger partial charge in [0.2, 0.25) is 5.91 Å². The highest BCUT2D eigenvalue weighted by molar-refractivity contribution is 7.80. The maximum absolute atomic E-state index is 11.6. The minimum atomic E-state index is 0.0497. The Morgan fingerprint density at radius 1 is 1.40 bits per heavy atom. The Kier molecular flexibility index (Phi) is 4.49. The fourth-order valence-corrected chi connectivity index (χ4v) is 2.11. The van der Waals surface area contributed by atoms with Crippen LogP contribution in [0.5, 0.6) is 0 Å². The van der Waals surface area contributed by atoms with Crippen molar-refractivity contribution >= 4 is 28.9 Å². The molecule has 0 unspecified atom stereocenters. The number of nitrogens with two attached hydrogens (primary N) is 1. The van der Waals surface area contributed by atoms with E-state index in [4.69, 9.17) is 18.0 Å². The summed E-state index contributed by atoms with van der Waals surface area (Å²) in [5, 5.41) is 14.1. The van der Waals surface area contributed by atoms with Gasteiger partial charge in [0, 0.05) is 19.0 Å². The first-order chi connectivity index (χ1) is 9.49. The van der Waals surface area contributed by atoms with Crippen LogP contribution in [0.4, 0.5) is 5.82 Å². The van der Waals surface area contributed by atoms with Gasteiger partial charge in [0.1, 0.15) is 4.99 Å². The molecule has 1 aromatic rings. The maximum atomic E-state index is 11.6. The van der Waals surface area contributed by atoms with E-state index < -0.39 is 0 Å². The van der Waals surface area contributed by atoms with Gasteiger partial charge in [-0.1, -0.05) is 12.2 Å². The smallest absolute Gasteiger partial charge is 0.221 e. The lowest BCUT2D eigenvalue weighted by Gasteiger charge is -2.13. The second-order valence-corrected chi connectivity index (χ2v) is 5.46. The number of aromatic nitrogens is 2. The van der Waals surface area contributed by atoms with E-state index in [0.29, 0.717) is 30.4 Å². The quantitative estimate of drug-likeness (QED) is 0.672. The van der Waals surface area contributed by atoms with Crippen molar-refractivity contribution < 1.29 is 4.79 Å². The summed E-state index contributed by atoms with van der Waals surface area (Å²) in [6.45, 7) is 4.24. The van der Waals surface area contributed by atoms with Crippen molar-refractivity contribution in [3.8, 4) is 0 Å². The number of rotatable bonds is 6. The van der Waals surface area contributed by atoms with Crippen LogP contribution in [0.3, 0.4) is 0 Å². The fourth-order valence-electron chi connectivity index (χ4n) is 1.86. The number of carbonyl (C=O) groups is 1. The fraction of sp³-hybridized carbons (Fsp3) is 0.538. The molecule has 0 radical (unpaired) electrons. The average molecular weight is 293 g/mol. The van der Waals surface area contributed by atoms with Crippen molar-refractivity contribution in [2.45, 2.75) is 39.2 Å². The summed E-state index contributed by atoms with van der Waals surface area (Å²) < 4.78 is 0. The van der Waals surface area contributed by atoms with Gasteiger partial charge in [-0.2, -0.15) is 5.10 Å². The molecule has 1 aromatic heterocycles. The van der Waals surface area contributed by atoms with Crippen molar-refractivity contribution in [3.05, 3.63) is 16.8 Å². The summed E-state index contributed by atoms with van der Waals surface area (Å²) >= 11 is 5.05. The molecule has 20 heavy (non-hydrogen) atoms. The number of anilines is 1. The Balaban J connectivity index is 1.96. The Hall–Kier alpha value is -1.76. The minimum absolute atomic E-state index is 0.0497. The molecule has 0 spiro atoms. The summed E-state index contributed by atoms with van der Waals surface area (Å²) in [4.78, 5) is 11.9. The monoisotopic (exact) mass is 293 g/mol. The molecule has 0 saturated heterocycles. The third kappa shape index (κ3) is 3.63. The molecule has 1 saturated carbocycles. The van der Waals surface area contributed by atoms with Gasteiger partial charge in [0.15, 0.2) is 5.82 Å². The lowest BCUT2D eigenvalue weighted by Crippen LogP contribution is -2.27. The van der Waals surface area contributed by atoms with Gasteiger partial charge in [-0.3, -0.25) is 4.79 Å². The molecule has 0 aromatic carbocycles. The first kappa shape index (κ1) is 14.6. The number of aryl methyl sites for hydroxylation is 1. The zero-order valence-electron chi connectivity index (χ0n) is 11.7. The Bertz CT molecular complexity index is 542. The molecule has 0 bridgehead atoms. The van der Waals surface area contributed by atoms with Gasteiger partial charge in [-0.05, 0) is 32.3 Å². The summed E-state index contributed by atoms with van der Waals surface area (Å²) in [6.07, 6.45) is 2.57. The average Bonchev–Trinajstić information content (AvgIpc) is 3.17. The predicted octanol–water partition coefficient (Wildman–Crippen LogP) is 0.808. The van der Waals surface area contributed by atoms with E-state index in [-0.39, 0.29) is 10.9 Å². The Labute approximate surface area is 123 Å². The number of carbonyl (C=O) groups excluding carboxylic acids is 1. The zero-order chi connectivity index (χ0) is 14.7. The predicted molar refractivity (Wildman–Crippen MR) is 81.7 cm³/mol. The van der Waals surface area contributed by atoms with Crippen LogP contribution in [-0.4, -0.2) is 33.7 Å². The third-order valence-electron chi connectivity index (χ3n) is 3.29. The van der Waals surface area contributed by atoms with E-state index in [2.05, 4.69) is 20.8 Å². The molecule has 4 N–H and O–H groups in total. The SMILES string of the molecule is Cc1nnc(NCCC(=O)NC2CC2)c(C(N)=S)c1C. The van der Waals surface area contributed by atoms with Gasteiger partial charge in [-0.15, -0.1) is 5.10 Å². The van der Waals surface area contributed by atoms with Crippen molar-refractivity contribution in [3.63, 3.8) is 0 Å². The van der Waals surface area contributed by atoms with E-state index in [1.165, 1.54) is 0 Å². The van der Waals surface area contributed by atoms with Crippen molar-refractivity contribution in [2.75, 3.05) is 11.9 Å². The summed E-state index contributed by atoms with van der Waals surface area (Å²) in [5.74, 6) is 0.591. The number of hydrogen-bond acceptors (Lipinski definition) is 5. The van der Waals surface area contributed by atoms with Crippen LogP contribution >= 0.6 is 12.2 Å². The van der Waals surface area contributed by atoms with E-state index in [0.717, 1.165) is 24.1 Å². The molecule has 0 atom stereocenters. The number of amides is 1. The standard InChI is InChI=1S/C13H19N5OS/c1-7-8(2)17-18-13(11(7)12(14)20)15-6-5-10(19)16-9-3-4-9/h9H,3-6H2,1-2H3,(H2,14,20)(H,15,18)(H,16,19). The first-order valence-corrected chi connectivity index (χ1v) is 7.06. The van der Waals surface area contributed by atoms with Crippen molar-refractivity contribution in [1.82, 2.24) is 15.5 Å². The van der Waals surface area contributed by atoms with Crippen LogP contribution in [0.15, 0.2) is 0 Å². The second kappa shape index (κ2) is 6.13. The molecule has 1 aliphatic rings. The molecule has 1 fully saturated rings. The molecule has 1 amide bonds. The molecule has 7 heteroatoms. The Morgan fingerprint density at radius 3 is 2.70 bits per heavy atom. The van der Waals surface area contributed by atoms with Crippen LogP contribution in [0.2, 0.25) is 0 Å². The van der Waals surface area contributed by atoms with Gasteiger partial charge in [0.05, 0.1) is 11.3 Å². The highest BCUT2D eigenvalue weighted by Gasteiger charge is 2.22. The zero-order valence-corrected chi connectivity index (χ0v) is 12.5. The van der Waals surface area contributed by atoms with Gasteiger partial charge < -0.3 is 16.4 Å². The van der Waals surface area contributed by atoms with Crippen LogP contribution in [0.1, 0.15) is 36.1 Å². The van der Waals surface area contributed by atoms with E-state index in [1.807, 2.05) is 13.8 Å². The van der Waals surface area contributed by atoms with E-state index in [1.54, 1.807) is 0 Å². The highest BCUT2D eigenvalue weighted by Crippen LogP contribution is 2.19. The van der Waals surface area contributed by atoms with E-state index in [9.17, 15) is 4.79 Å². The van der Waals surface area contributed by atoms with Crippen molar-refractivity contribution in [1.29, 1.82) is 0 Å². The molecule has 0 aliphatic heterocycles. The second-order valence-electron chi connectivity index (χ2n) is 5.02. The molecule has 2 rings (SSSR count). The van der Waals surface area contributed by atoms with Crippen LogP contribution in [-0.2, 0) is 4.79 Å². The molecule has 108 valence electrons. The number of nitrogens with zero attached hydrogens (tertiary/aromatic N) is 2. The first-order valence-electron chi connectivity index (χ1n) is 6.66. The highest BCUT2D eigenvalue weighted by atomic mass is 32.1. The largest absolute Gasteiger partial charge is 0.389 e. The number of nitrogens with one attached hydrogen (secondary N) is 2.